The van der Waals surface area contributed by atoms with E-state index in [0.29, 0.717) is 19.1 Å². The molecule has 0 saturated heterocycles. The Morgan fingerprint density at radius 2 is 2.21 bits per heavy atom. The molecule has 0 spiro atoms. The maximum absolute atomic E-state index is 9.71. The van der Waals surface area contributed by atoms with Gasteiger partial charge in [0.05, 0.1) is 12.2 Å². The minimum atomic E-state index is -0.662. The molecule has 0 aromatic heterocycles. The third-order valence-electron chi connectivity index (χ3n) is 3.65. The van der Waals surface area contributed by atoms with Crippen LogP contribution in [0.15, 0.2) is 18.2 Å². The lowest BCUT2D eigenvalue weighted by Crippen LogP contribution is -2.22. The number of benzene rings is 1. The van der Waals surface area contributed by atoms with Crippen molar-refractivity contribution in [2.75, 3.05) is 13.2 Å². The van der Waals surface area contributed by atoms with Crippen LogP contribution in [0.25, 0.3) is 0 Å². The quantitative estimate of drug-likeness (QED) is 0.829. The first-order chi connectivity index (χ1) is 9.01. The first-order valence-electron chi connectivity index (χ1n) is 7.21. The van der Waals surface area contributed by atoms with Crippen LogP contribution in [-0.2, 0) is 6.42 Å². The number of hydrogen-bond donors (Lipinski definition) is 2. The van der Waals surface area contributed by atoms with Crippen molar-refractivity contribution < 1.29 is 9.84 Å². The predicted molar refractivity (Wildman–Crippen MR) is 77.6 cm³/mol. The second kappa shape index (κ2) is 5.93. The molecule has 0 saturated carbocycles. The van der Waals surface area contributed by atoms with Crippen molar-refractivity contribution in [3.63, 3.8) is 0 Å². The van der Waals surface area contributed by atoms with Gasteiger partial charge in [0.25, 0.3) is 0 Å². The normalized spacial score (nSPS) is 18.4. The summed E-state index contributed by atoms with van der Waals surface area (Å²) in [6.45, 7) is 7.32. The summed E-state index contributed by atoms with van der Waals surface area (Å²) in [6, 6.07) is 6.77. The molecule has 0 fully saturated rings. The smallest absolute Gasteiger partial charge is 0.122 e. The third-order valence-corrected chi connectivity index (χ3v) is 3.65. The fraction of sp³-hybridized carbons (Fsp3) is 0.625. The molecule has 3 nitrogen and oxygen atoms in total. The zero-order chi connectivity index (χ0) is 13.9. The van der Waals surface area contributed by atoms with Gasteiger partial charge in [0.15, 0.2) is 0 Å². The van der Waals surface area contributed by atoms with Crippen LogP contribution >= 0.6 is 0 Å². The van der Waals surface area contributed by atoms with Gasteiger partial charge in [-0.1, -0.05) is 19.1 Å². The molecule has 1 aromatic carbocycles. The highest BCUT2D eigenvalue weighted by Gasteiger charge is 2.24. The van der Waals surface area contributed by atoms with Gasteiger partial charge < -0.3 is 15.2 Å². The molecule has 1 aliphatic rings. The van der Waals surface area contributed by atoms with E-state index in [0.717, 1.165) is 25.1 Å². The monoisotopic (exact) mass is 263 g/mol. The van der Waals surface area contributed by atoms with Crippen LogP contribution in [0.1, 0.15) is 50.8 Å². The van der Waals surface area contributed by atoms with Crippen LogP contribution in [0.4, 0.5) is 0 Å². The summed E-state index contributed by atoms with van der Waals surface area (Å²) < 4.78 is 5.86. The van der Waals surface area contributed by atoms with Gasteiger partial charge in [-0.25, -0.2) is 0 Å². The van der Waals surface area contributed by atoms with Crippen LogP contribution in [0, 0.1) is 0 Å². The molecular formula is C16H25NO2. The number of rotatable bonds is 6. The number of nitrogens with one attached hydrogen (secondary N) is 1. The van der Waals surface area contributed by atoms with Crippen molar-refractivity contribution >= 4 is 0 Å². The average Bonchev–Trinajstić information content (AvgIpc) is 2.73. The van der Waals surface area contributed by atoms with Gasteiger partial charge in [-0.15, -0.1) is 0 Å². The van der Waals surface area contributed by atoms with Crippen LogP contribution in [-0.4, -0.2) is 23.9 Å². The minimum absolute atomic E-state index is 0.470. The topological polar surface area (TPSA) is 41.5 Å². The van der Waals surface area contributed by atoms with E-state index < -0.39 is 5.60 Å². The molecule has 1 unspecified atom stereocenters. The number of fused-ring (bicyclic) bond motifs is 1. The molecule has 0 bridgehead atoms. The van der Waals surface area contributed by atoms with E-state index in [1.807, 2.05) is 19.9 Å². The van der Waals surface area contributed by atoms with E-state index in [4.69, 9.17) is 4.74 Å². The van der Waals surface area contributed by atoms with Crippen LogP contribution in [0.3, 0.4) is 0 Å². The van der Waals surface area contributed by atoms with Crippen LogP contribution in [0.5, 0.6) is 5.75 Å². The van der Waals surface area contributed by atoms with E-state index in [1.165, 1.54) is 11.1 Å². The van der Waals surface area contributed by atoms with Gasteiger partial charge >= 0.3 is 0 Å². The Bertz CT molecular complexity index is 423. The lowest BCUT2D eigenvalue weighted by Gasteiger charge is -2.18. The van der Waals surface area contributed by atoms with E-state index in [2.05, 4.69) is 24.4 Å². The fourth-order valence-corrected chi connectivity index (χ4v) is 2.63. The number of hydrogen-bond acceptors (Lipinski definition) is 3. The highest BCUT2D eigenvalue weighted by atomic mass is 16.5. The first kappa shape index (κ1) is 14.4. The van der Waals surface area contributed by atoms with Crippen LogP contribution in [0.2, 0.25) is 0 Å². The molecule has 1 atom stereocenters. The molecule has 3 heteroatoms. The lowest BCUT2D eigenvalue weighted by molar-refractivity contribution is 0.0552. The summed E-state index contributed by atoms with van der Waals surface area (Å²) in [7, 11) is 0. The number of ether oxygens (including phenoxy) is 1. The molecule has 1 aliphatic carbocycles. The Balaban J connectivity index is 2.03. The molecule has 0 heterocycles. The van der Waals surface area contributed by atoms with Gasteiger partial charge in [0, 0.05) is 12.5 Å². The van der Waals surface area contributed by atoms with Crippen molar-refractivity contribution in [2.24, 2.45) is 0 Å². The number of aliphatic hydroxyl groups is 1. The zero-order valence-electron chi connectivity index (χ0n) is 12.2. The van der Waals surface area contributed by atoms with E-state index in [-0.39, 0.29) is 0 Å². The second-order valence-corrected chi connectivity index (χ2v) is 5.88. The maximum atomic E-state index is 9.71. The highest BCUT2D eigenvalue weighted by Crippen LogP contribution is 2.36. The zero-order valence-corrected chi connectivity index (χ0v) is 12.2. The summed E-state index contributed by atoms with van der Waals surface area (Å²) >= 11 is 0. The van der Waals surface area contributed by atoms with E-state index >= 15 is 0 Å². The third kappa shape index (κ3) is 3.71. The average molecular weight is 263 g/mol. The molecule has 1 aromatic rings. The van der Waals surface area contributed by atoms with Gasteiger partial charge in [-0.2, -0.15) is 0 Å². The van der Waals surface area contributed by atoms with Gasteiger partial charge in [0.1, 0.15) is 5.75 Å². The molecule has 2 N–H and O–H groups in total. The van der Waals surface area contributed by atoms with Gasteiger partial charge in [0.2, 0.25) is 0 Å². The Morgan fingerprint density at radius 3 is 2.89 bits per heavy atom. The SMILES string of the molecule is CCNC1CCc2c(OCCC(C)(C)O)cccc21. The minimum Gasteiger partial charge on any atom is -0.493 e. The highest BCUT2D eigenvalue weighted by molar-refractivity contribution is 5.45. The van der Waals surface area contributed by atoms with Gasteiger partial charge in [-0.3, -0.25) is 0 Å². The molecule has 19 heavy (non-hydrogen) atoms. The molecule has 0 aliphatic heterocycles. The van der Waals surface area contributed by atoms with Crippen molar-refractivity contribution in [3.05, 3.63) is 29.3 Å². The summed E-state index contributed by atoms with van der Waals surface area (Å²) in [5.41, 5.74) is 2.05. The Labute approximate surface area is 116 Å². The molecule has 2 rings (SSSR count). The lowest BCUT2D eigenvalue weighted by atomic mass is 10.1. The standard InChI is InChI=1S/C16H25NO2/c1-4-17-14-9-8-13-12(14)6-5-7-15(13)19-11-10-16(2,3)18/h5-7,14,17-18H,4,8-11H2,1-3H3. The Morgan fingerprint density at radius 1 is 1.42 bits per heavy atom. The summed E-state index contributed by atoms with van der Waals surface area (Å²) in [5.74, 6) is 0.988. The summed E-state index contributed by atoms with van der Waals surface area (Å²) in [6.07, 6.45) is 2.87. The van der Waals surface area contributed by atoms with Gasteiger partial charge in [-0.05, 0) is 50.4 Å². The largest absolute Gasteiger partial charge is 0.493 e. The summed E-state index contributed by atoms with van der Waals surface area (Å²) in [5, 5.41) is 13.2. The maximum Gasteiger partial charge on any atom is 0.122 e. The second-order valence-electron chi connectivity index (χ2n) is 5.88. The molecule has 0 amide bonds. The van der Waals surface area contributed by atoms with Crippen molar-refractivity contribution in [2.45, 2.75) is 51.7 Å². The Kier molecular flexibility index (Phi) is 4.48. The van der Waals surface area contributed by atoms with E-state index in [9.17, 15) is 5.11 Å². The first-order valence-corrected chi connectivity index (χ1v) is 7.21. The molecule has 106 valence electrons. The summed E-state index contributed by atoms with van der Waals surface area (Å²) in [4.78, 5) is 0. The van der Waals surface area contributed by atoms with Crippen molar-refractivity contribution in [3.8, 4) is 5.75 Å². The Hall–Kier alpha value is -1.06. The van der Waals surface area contributed by atoms with Crippen molar-refractivity contribution in [1.82, 2.24) is 5.32 Å². The fourth-order valence-electron chi connectivity index (χ4n) is 2.63. The predicted octanol–water partition coefficient (Wildman–Crippen LogP) is 2.82. The van der Waals surface area contributed by atoms with Crippen molar-refractivity contribution in [1.29, 1.82) is 0 Å². The molecular weight excluding hydrogens is 238 g/mol. The molecule has 0 radical (unpaired) electrons. The van der Waals surface area contributed by atoms with E-state index in [1.54, 1.807) is 0 Å². The van der Waals surface area contributed by atoms with Crippen LogP contribution < -0.4 is 10.1 Å².